The zero-order valence-electron chi connectivity index (χ0n) is 12.2. The van der Waals surface area contributed by atoms with Crippen LogP contribution in [0.4, 0.5) is 0 Å². The number of piperidine rings is 1. The first kappa shape index (κ1) is 14.9. The Morgan fingerprint density at radius 2 is 2.00 bits per heavy atom. The minimum absolute atomic E-state index is 0.161. The number of aliphatic carboxylic acids is 1. The molecule has 4 heteroatoms. The van der Waals surface area contributed by atoms with Crippen molar-refractivity contribution in [2.24, 2.45) is 5.92 Å². The maximum Gasteiger partial charge on any atom is 0.306 e. The van der Waals surface area contributed by atoms with Gasteiger partial charge in [-0.15, -0.1) is 0 Å². The van der Waals surface area contributed by atoms with Crippen LogP contribution in [0.5, 0.6) is 5.75 Å². The van der Waals surface area contributed by atoms with Crippen molar-refractivity contribution in [3.8, 4) is 5.75 Å². The molecule has 1 heterocycles. The summed E-state index contributed by atoms with van der Waals surface area (Å²) in [6.07, 6.45) is 1.64. The molecule has 1 aliphatic heterocycles. The number of carboxylic acids is 1. The summed E-state index contributed by atoms with van der Waals surface area (Å²) < 4.78 is 5.83. The fourth-order valence-corrected chi connectivity index (χ4v) is 2.58. The number of benzene rings is 1. The van der Waals surface area contributed by atoms with Crippen molar-refractivity contribution in [1.82, 2.24) is 4.90 Å². The molecule has 0 saturated carbocycles. The molecule has 0 spiro atoms. The van der Waals surface area contributed by atoms with E-state index >= 15 is 0 Å². The summed E-state index contributed by atoms with van der Waals surface area (Å²) in [4.78, 5) is 13.3. The standard InChI is InChI=1S/C16H23NO3/c1-12(2)20-15-6-4-3-5-14(15)11-17-9-7-13(8-10-17)16(18)19/h3-6,12-13H,7-11H2,1-2H3,(H,18,19). The zero-order valence-corrected chi connectivity index (χ0v) is 12.2. The van der Waals surface area contributed by atoms with Gasteiger partial charge in [-0.2, -0.15) is 0 Å². The van der Waals surface area contributed by atoms with E-state index in [-0.39, 0.29) is 12.0 Å². The van der Waals surface area contributed by atoms with E-state index in [1.165, 1.54) is 5.56 Å². The van der Waals surface area contributed by atoms with Gasteiger partial charge in [0.05, 0.1) is 12.0 Å². The van der Waals surface area contributed by atoms with Gasteiger partial charge in [0.15, 0.2) is 0 Å². The molecule has 1 saturated heterocycles. The van der Waals surface area contributed by atoms with Crippen LogP contribution in [0, 0.1) is 5.92 Å². The average Bonchev–Trinajstić information content (AvgIpc) is 2.41. The first-order chi connectivity index (χ1) is 9.56. The molecular formula is C16H23NO3. The minimum atomic E-state index is -0.659. The van der Waals surface area contributed by atoms with Gasteiger partial charge in [-0.25, -0.2) is 0 Å². The molecule has 0 radical (unpaired) electrons. The molecule has 110 valence electrons. The molecule has 0 unspecified atom stereocenters. The molecule has 1 aromatic rings. The predicted octanol–water partition coefficient (Wildman–Crippen LogP) is 2.77. The van der Waals surface area contributed by atoms with Crippen LogP contribution in [0.2, 0.25) is 0 Å². The van der Waals surface area contributed by atoms with E-state index in [1.54, 1.807) is 0 Å². The van der Waals surface area contributed by atoms with Crippen LogP contribution in [-0.4, -0.2) is 35.2 Å². The molecule has 0 atom stereocenters. The molecule has 0 amide bonds. The molecule has 4 nitrogen and oxygen atoms in total. The maximum absolute atomic E-state index is 11.0. The lowest BCUT2D eigenvalue weighted by molar-refractivity contribution is -0.143. The van der Waals surface area contributed by atoms with E-state index in [0.717, 1.165) is 38.2 Å². The Kier molecular flexibility index (Phi) is 5.01. The molecule has 1 aromatic carbocycles. The van der Waals surface area contributed by atoms with Crippen LogP contribution >= 0.6 is 0 Å². The van der Waals surface area contributed by atoms with Crippen molar-refractivity contribution in [3.63, 3.8) is 0 Å². The first-order valence-corrected chi connectivity index (χ1v) is 7.26. The van der Waals surface area contributed by atoms with Gasteiger partial charge in [0.1, 0.15) is 5.75 Å². The maximum atomic E-state index is 11.0. The number of hydrogen-bond acceptors (Lipinski definition) is 3. The Morgan fingerprint density at radius 3 is 2.60 bits per heavy atom. The van der Waals surface area contributed by atoms with E-state index in [9.17, 15) is 4.79 Å². The second kappa shape index (κ2) is 6.75. The summed E-state index contributed by atoms with van der Waals surface area (Å²) >= 11 is 0. The number of rotatable bonds is 5. The molecule has 1 aliphatic rings. The third kappa shape index (κ3) is 3.97. The van der Waals surface area contributed by atoms with Crippen LogP contribution in [0.1, 0.15) is 32.3 Å². The third-order valence-corrected chi connectivity index (χ3v) is 3.67. The molecular weight excluding hydrogens is 254 g/mol. The monoisotopic (exact) mass is 277 g/mol. The number of nitrogens with zero attached hydrogens (tertiary/aromatic N) is 1. The van der Waals surface area contributed by atoms with E-state index in [0.29, 0.717) is 0 Å². The summed E-state index contributed by atoms with van der Waals surface area (Å²) in [5, 5.41) is 9.02. The summed E-state index contributed by atoms with van der Waals surface area (Å²) in [6.45, 7) is 6.56. The van der Waals surface area contributed by atoms with Crippen molar-refractivity contribution in [2.75, 3.05) is 13.1 Å². The molecule has 2 rings (SSSR count). The highest BCUT2D eigenvalue weighted by molar-refractivity contribution is 5.70. The van der Waals surface area contributed by atoms with Gasteiger partial charge >= 0.3 is 5.97 Å². The second-order valence-electron chi connectivity index (χ2n) is 5.66. The number of ether oxygens (including phenoxy) is 1. The third-order valence-electron chi connectivity index (χ3n) is 3.67. The molecule has 1 fully saturated rings. The van der Waals surface area contributed by atoms with Crippen molar-refractivity contribution < 1.29 is 14.6 Å². The van der Waals surface area contributed by atoms with Gasteiger partial charge in [-0.3, -0.25) is 9.69 Å². The molecule has 0 bridgehead atoms. The van der Waals surface area contributed by atoms with Gasteiger partial charge in [0.2, 0.25) is 0 Å². The Bertz CT molecular complexity index is 451. The number of hydrogen-bond donors (Lipinski definition) is 1. The molecule has 1 N–H and O–H groups in total. The largest absolute Gasteiger partial charge is 0.491 e. The summed E-state index contributed by atoms with van der Waals surface area (Å²) in [5.41, 5.74) is 1.18. The van der Waals surface area contributed by atoms with E-state index in [4.69, 9.17) is 9.84 Å². The van der Waals surface area contributed by atoms with Crippen molar-refractivity contribution >= 4 is 5.97 Å². The highest BCUT2D eigenvalue weighted by Gasteiger charge is 2.24. The molecule has 20 heavy (non-hydrogen) atoms. The second-order valence-corrected chi connectivity index (χ2v) is 5.66. The number of carbonyl (C=O) groups is 1. The highest BCUT2D eigenvalue weighted by Crippen LogP contribution is 2.24. The summed E-state index contributed by atoms with van der Waals surface area (Å²) in [5.74, 6) is 0.101. The van der Waals surface area contributed by atoms with Gasteiger partial charge in [0, 0.05) is 12.1 Å². The fourth-order valence-electron chi connectivity index (χ4n) is 2.58. The van der Waals surface area contributed by atoms with E-state index in [1.807, 2.05) is 32.0 Å². The van der Waals surface area contributed by atoms with Crippen LogP contribution in [0.25, 0.3) is 0 Å². The Labute approximate surface area is 120 Å². The first-order valence-electron chi connectivity index (χ1n) is 7.26. The Morgan fingerprint density at radius 1 is 1.35 bits per heavy atom. The average molecular weight is 277 g/mol. The van der Waals surface area contributed by atoms with Crippen molar-refractivity contribution in [3.05, 3.63) is 29.8 Å². The topological polar surface area (TPSA) is 49.8 Å². The lowest BCUT2D eigenvalue weighted by Crippen LogP contribution is -2.35. The lowest BCUT2D eigenvalue weighted by atomic mass is 9.97. The van der Waals surface area contributed by atoms with Gasteiger partial charge in [-0.05, 0) is 45.8 Å². The molecule has 0 aromatic heterocycles. The van der Waals surface area contributed by atoms with Gasteiger partial charge < -0.3 is 9.84 Å². The van der Waals surface area contributed by atoms with Crippen LogP contribution in [0.3, 0.4) is 0 Å². The Balaban J connectivity index is 1.96. The smallest absolute Gasteiger partial charge is 0.306 e. The summed E-state index contributed by atoms with van der Waals surface area (Å²) in [7, 11) is 0. The van der Waals surface area contributed by atoms with Gasteiger partial charge in [0.25, 0.3) is 0 Å². The highest BCUT2D eigenvalue weighted by atomic mass is 16.5. The van der Waals surface area contributed by atoms with Crippen LogP contribution in [-0.2, 0) is 11.3 Å². The van der Waals surface area contributed by atoms with Crippen molar-refractivity contribution in [2.45, 2.75) is 39.3 Å². The fraction of sp³-hybridized carbons (Fsp3) is 0.562. The quantitative estimate of drug-likeness (QED) is 0.899. The number of likely N-dealkylation sites (tertiary alicyclic amines) is 1. The van der Waals surface area contributed by atoms with Crippen LogP contribution in [0.15, 0.2) is 24.3 Å². The lowest BCUT2D eigenvalue weighted by Gasteiger charge is -2.30. The van der Waals surface area contributed by atoms with Gasteiger partial charge in [-0.1, -0.05) is 18.2 Å². The SMILES string of the molecule is CC(C)Oc1ccccc1CN1CCC(C(=O)O)CC1. The zero-order chi connectivity index (χ0) is 14.5. The minimum Gasteiger partial charge on any atom is -0.491 e. The van der Waals surface area contributed by atoms with Crippen LogP contribution < -0.4 is 4.74 Å². The molecule has 0 aliphatic carbocycles. The number of carboxylic acid groups (broad SMARTS) is 1. The normalized spacial score (nSPS) is 17.4. The van der Waals surface area contributed by atoms with E-state index in [2.05, 4.69) is 11.0 Å². The summed E-state index contributed by atoms with van der Waals surface area (Å²) in [6, 6.07) is 8.09. The Hall–Kier alpha value is -1.55. The predicted molar refractivity (Wildman–Crippen MR) is 77.8 cm³/mol. The van der Waals surface area contributed by atoms with E-state index < -0.39 is 5.97 Å². The van der Waals surface area contributed by atoms with Crippen molar-refractivity contribution in [1.29, 1.82) is 0 Å². The number of para-hydroxylation sites is 1.